The van der Waals surface area contributed by atoms with Gasteiger partial charge in [0, 0.05) is 19.2 Å². The average Bonchev–Trinajstić information content (AvgIpc) is 2.84. The van der Waals surface area contributed by atoms with Crippen LogP contribution in [0.2, 0.25) is 0 Å². The molecule has 130 valence electrons. The molecule has 2 aromatic rings. The van der Waals surface area contributed by atoms with Gasteiger partial charge in [0.1, 0.15) is 0 Å². The van der Waals surface area contributed by atoms with Gasteiger partial charge in [0.25, 0.3) is 0 Å². The summed E-state index contributed by atoms with van der Waals surface area (Å²) in [6, 6.07) is 6.11. The molecule has 0 bridgehead atoms. The quantitative estimate of drug-likeness (QED) is 0.880. The summed E-state index contributed by atoms with van der Waals surface area (Å²) >= 11 is 0. The molecule has 1 N–H and O–H groups in total. The number of carbonyl (C=O) groups excluding carboxylic acids is 1. The maximum Gasteiger partial charge on any atom is 0.363 e. The van der Waals surface area contributed by atoms with Gasteiger partial charge in [-0.1, -0.05) is 45.9 Å². The molecule has 0 saturated heterocycles. The van der Waals surface area contributed by atoms with E-state index in [4.69, 9.17) is 0 Å². The van der Waals surface area contributed by atoms with Crippen molar-refractivity contribution >= 4 is 11.6 Å². The van der Waals surface area contributed by atoms with Gasteiger partial charge in [-0.25, -0.2) is 4.79 Å². The Kier molecular flexibility index (Phi) is 5.54. The van der Waals surface area contributed by atoms with Gasteiger partial charge in [0.15, 0.2) is 0 Å². The number of benzene rings is 1. The second kappa shape index (κ2) is 7.42. The minimum Gasteiger partial charge on any atom is -0.326 e. The number of anilines is 1. The molecule has 0 fully saturated rings. The van der Waals surface area contributed by atoms with Crippen LogP contribution in [0.4, 0.5) is 5.69 Å². The molecule has 0 aliphatic carbocycles. The lowest BCUT2D eigenvalue weighted by Gasteiger charge is -2.20. The third kappa shape index (κ3) is 3.90. The van der Waals surface area contributed by atoms with Gasteiger partial charge in [0.2, 0.25) is 5.91 Å². The molecule has 1 aromatic heterocycles. The van der Waals surface area contributed by atoms with Gasteiger partial charge in [0.05, 0.1) is 6.54 Å². The van der Waals surface area contributed by atoms with Crippen molar-refractivity contribution in [1.82, 2.24) is 19.8 Å². The fourth-order valence-corrected chi connectivity index (χ4v) is 2.60. The van der Waals surface area contributed by atoms with Crippen molar-refractivity contribution in [3.63, 3.8) is 0 Å². The highest BCUT2D eigenvalue weighted by molar-refractivity contribution is 5.92. The fraction of sp³-hybridized carbons (Fsp3) is 0.529. The lowest BCUT2D eigenvalue weighted by molar-refractivity contribution is -0.116. The molecule has 0 spiro atoms. The summed E-state index contributed by atoms with van der Waals surface area (Å²) in [4.78, 5) is 24.1. The summed E-state index contributed by atoms with van der Waals surface area (Å²) < 4.78 is 2.33. The largest absolute Gasteiger partial charge is 0.363 e. The van der Waals surface area contributed by atoms with Gasteiger partial charge in [-0.15, -0.1) is 0 Å². The van der Waals surface area contributed by atoms with E-state index >= 15 is 0 Å². The second-order valence-corrected chi connectivity index (χ2v) is 6.53. The lowest BCUT2D eigenvalue weighted by Crippen LogP contribution is -2.26. The van der Waals surface area contributed by atoms with Crippen molar-refractivity contribution in [2.75, 3.05) is 5.32 Å². The number of nitrogens with zero attached hydrogens (tertiary/aromatic N) is 4. The summed E-state index contributed by atoms with van der Waals surface area (Å²) in [5.41, 5.74) is 2.80. The number of aryl methyl sites for hydroxylation is 2. The van der Waals surface area contributed by atoms with Crippen LogP contribution in [0.15, 0.2) is 23.0 Å². The highest BCUT2D eigenvalue weighted by Crippen LogP contribution is 2.32. The normalized spacial score (nSPS) is 11.3. The van der Waals surface area contributed by atoms with Crippen molar-refractivity contribution < 1.29 is 4.79 Å². The molecule has 1 amide bonds. The summed E-state index contributed by atoms with van der Waals surface area (Å²) in [5.74, 6) is 0.478. The Labute approximate surface area is 141 Å². The van der Waals surface area contributed by atoms with Gasteiger partial charge in [-0.3, -0.25) is 4.79 Å². The standard InChI is InChI=1S/C17H25N5O2/c1-11(2)13-7-6-8-14(12(3)4)16(13)18-15(23)9-10-22-17(24)21(5)19-20-22/h6-8,11-12H,9-10H2,1-5H3,(H,18,23). The maximum atomic E-state index is 12.4. The lowest BCUT2D eigenvalue weighted by atomic mass is 9.92. The summed E-state index contributed by atoms with van der Waals surface area (Å²) in [6.07, 6.45) is 0.169. The van der Waals surface area contributed by atoms with Gasteiger partial charge < -0.3 is 5.32 Å². The van der Waals surface area contributed by atoms with Crippen molar-refractivity contribution in [2.45, 2.75) is 52.5 Å². The molecule has 1 aromatic carbocycles. The van der Waals surface area contributed by atoms with Crippen LogP contribution in [0.3, 0.4) is 0 Å². The zero-order valence-electron chi connectivity index (χ0n) is 14.9. The molecular weight excluding hydrogens is 306 g/mol. The van der Waals surface area contributed by atoms with Crippen LogP contribution in [0.25, 0.3) is 0 Å². The first-order valence-corrected chi connectivity index (χ1v) is 8.20. The molecule has 0 unspecified atom stereocenters. The van der Waals surface area contributed by atoms with Crippen molar-refractivity contribution in [1.29, 1.82) is 0 Å². The van der Waals surface area contributed by atoms with E-state index in [1.54, 1.807) is 0 Å². The number of rotatable bonds is 6. The predicted octanol–water partition coefficient (Wildman–Crippen LogP) is 2.25. The van der Waals surface area contributed by atoms with E-state index in [0.29, 0.717) is 11.8 Å². The smallest absolute Gasteiger partial charge is 0.326 e. The summed E-state index contributed by atoms with van der Waals surface area (Å²) in [5, 5.41) is 10.4. The first-order chi connectivity index (χ1) is 11.3. The van der Waals surface area contributed by atoms with Crippen LogP contribution in [0.1, 0.15) is 57.1 Å². The first-order valence-electron chi connectivity index (χ1n) is 8.20. The highest BCUT2D eigenvalue weighted by Gasteiger charge is 2.16. The maximum absolute atomic E-state index is 12.4. The van der Waals surface area contributed by atoms with E-state index in [1.165, 1.54) is 11.7 Å². The first kappa shape index (κ1) is 17.9. The number of aromatic nitrogens is 4. The Morgan fingerprint density at radius 1 is 1.12 bits per heavy atom. The van der Waals surface area contributed by atoms with E-state index in [1.807, 2.05) is 18.2 Å². The van der Waals surface area contributed by atoms with Crippen molar-refractivity contribution in [3.05, 3.63) is 39.8 Å². The molecule has 24 heavy (non-hydrogen) atoms. The molecule has 0 radical (unpaired) electrons. The summed E-state index contributed by atoms with van der Waals surface area (Å²) in [7, 11) is 1.53. The van der Waals surface area contributed by atoms with Crippen LogP contribution in [0, 0.1) is 0 Å². The molecule has 1 heterocycles. The highest BCUT2D eigenvalue weighted by atomic mass is 16.2. The number of nitrogens with one attached hydrogen (secondary N) is 1. The van der Waals surface area contributed by atoms with E-state index in [-0.39, 0.29) is 24.6 Å². The minimum absolute atomic E-state index is 0.137. The second-order valence-electron chi connectivity index (χ2n) is 6.53. The molecule has 0 saturated carbocycles. The van der Waals surface area contributed by atoms with E-state index in [9.17, 15) is 9.59 Å². The number of tetrazole rings is 1. The molecule has 0 aliphatic rings. The van der Waals surface area contributed by atoms with E-state index in [2.05, 4.69) is 43.4 Å². The predicted molar refractivity (Wildman–Crippen MR) is 93.1 cm³/mol. The number of hydrogen-bond acceptors (Lipinski definition) is 4. The Hall–Kier alpha value is -2.44. The number of para-hydroxylation sites is 1. The molecular formula is C17H25N5O2. The van der Waals surface area contributed by atoms with E-state index in [0.717, 1.165) is 21.5 Å². The van der Waals surface area contributed by atoms with Crippen LogP contribution in [-0.2, 0) is 18.4 Å². The Morgan fingerprint density at radius 2 is 1.71 bits per heavy atom. The Bertz CT molecular complexity index is 747. The number of carbonyl (C=O) groups is 1. The Morgan fingerprint density at radius 3 is 2.17 bits per heavy atom. The van der Waals surface area contributed by atoms with Crippen LogP contribution >= 0.6 is 0 Å². The topological polar surface area (TPSA) is 81.8 Å². The van der Waals surface area contributed by atoms with E-state index < -0.39 is 0 Å². The molecule has 0 atom stereocenters. The SMILES string of the molecule is CC(C)c1cccc(C(C)C)c1NC(=O)CCn1nnn(C)c1=O. The molecule has 2 rings (SSSR count). The monoisotopic (exact) mass is 331 g/mol. The van der Waals surface area contributed by atoms with Crippen molar-refractivity contribution in [2.24, 2.45) is 7.05 Å². The summed E-state index contributed by atoms with van der Waals surface area (Å²) in [6.45, 7) is 8.63. The number of amides is 1. The van der Waals surface area contributed by atoms with Gasteiger partial charge >= 0.3 is 5.69 Å². The fourth-order valence-electron chi connectivity index (χ4n) is 2.60. The third-order valence-corrected chi connectivity index (χ3v) is 3.97. The molecule has 7 nitrogen and oxygen atoms in total. The van der Waals surface area contributed by atoms with Gasteiger partial charge in [-0.05, 0) is 33.4 Å². The molecule has 7 heteroatoms. The minimum atomic E-state index is -0.326. The number of hydrogen-bond donors (Lipinski definition) is 1. The van der Waals surface area contributed by atoms with Crippen molar-refractivity contribution in [3.8, 4) is 0 Å². The zero-order valence-corrected chi connectivity index (χ0v) is 14.9. The van der Waals surface area contributed by atoms with Crippen LogP contribution < -0.4 is 11.0 Å². The van der Waals surface area contributed by atoms with Gasteiger partial charge in [-0.2, -0.15) is 9.36 Å². The Balaban J connectivity index is 2.16. The zero-order chi connectivity index (χ0) is 17.9. The third-order valence-electron chi connectivity index (χ3n) is 3.97. The van der Waals surface area contributed by atoms with Crippen LogP contribution in [0.5, 0.6) is 0 Å². The average molecular weight is 331 g/mol. The molecule has 0 aliphatic heterocycles. The van der Waals surface area contributed by atoms with Crippen LogP contribution in [-0.4, -0.2) is 25.7 Å².